The second kappa shape index (κ2) is 5.69. The Balaban J connectivity index is 2.06. The van der Waals surface area contributed by atoms with Gasteiger partial charge in [-0.05, 0) is 26.9 Å². The van der Waals surface area contributed by atoms with Gasteiger partial charge >= 0.3 is 0 Å². The average Bonchev–Trinajstić information content (AvgIpc) is 2.59. The highest BCUT2D eigenvalue weighted by Gasteiger charge is 2.15. The van der Waals surface area contributed by atoms with E-state index in [0.29, 0.717) is 5.79 Å². The van der Waals surface area contributed by atoms with Crippen molar-refractivity contribution >= 4 is 9.68 Å². The molecule has 0 atom stereocenters. The van der Waals surface area contributed by atoms with E-state index in [9.17, 15) is 0 Å². The van der Waals surface area contributed by atoms with Gasteiger partial charge in [0.25, 0.3) is 0 Å². The van der Waals surface area contributed by atoms with Crippen molar-refractivity contribution in [2.24, 2.45) is 0 Å². The van der Waals surface area contributed by atoms with E-state index in [1.807, 2.05) is 14.1 Å². The fourth-order valence-corrected chi connectivity index (χ4v) is 3.15. The van der Waals surface area contributed by atoms with Gasteiger partial charge in [0.1, 0.15) is 9.68 Å². The molecule has 72 valence electrons. The van der Waals surface area contributed by atoms with Crippen molar-refractivity contribution in [3.05, 3.63) is 0 Å². The highest BCUT2D eigenvalue weighted by molar-refractivity contribution is 6.34. The fourth-order valence-electron chi connectivity index (χ4n) is 1.76. The summed E-state index contributed by atoms with van der Waals surface area (Å²) in [5.74, 6) is 0.547. The molecular weight excluding hydrogens is 166 g/mol. The van der Waals surface area contributed by atoms with Crippen LogP contribution in [0.3, 0.4) is 0 Å². The van der Waals surface area contributed by atoms with Crippen molar-refractivity contribution in [3.8, 4) is 0 Å². The monoisotopic (exact) mass is 187 g/mol. The number of rotatable bonds is 5. The quantitative estimate of drug-likeness (QED) is 0.394. The van der Waals surface area contributed by atoms with Crippen LogP contribution in [0, 0.1) is 0 Å². The largest absolute Gasteiger partial charge is 0.337 e. The normalized spacial score (nSPS) is 20.2. The van der Waals surface area contributed by atoms with Gasteiger partial charge in [0.2, 0.25) is 0 Å². The van der Waals surface area contributed by atoms with Crippen LogP contribution in [0.15, 0.2) is 0 Å². The second-order valence-electron chi connectivity index (χ2n) is 3.52. The van der Waals surface area contributed by atoms with Crippen molar-refractivity contribution in [3.63, 3.8) is 0 Å². The van der Waals surface area contributed by atoms with Crippen LogP contribution < -0.4 is 15.6 Å². The predicted octanol–water partition coefficient (Wildman–Crippen LogP) is -0.675. The highest BCUT2D eigenvalue weighted by atomic mass is 28.2. The molecule has 1 aliphatic rings. The van der Waals surface area contributed by atoms with Crippen LogP contribution in [-0.4, -0.2) is 35.6 Å². The third-order valence-electron chi connectivity index (χ3n) is 2.66. The first-order valence-corrected chi connectivity index (χ1v) is 6.47. The van der Waals surface area contributed by atoms with E-state index in [2.05, 4.69) is 15.6 Å². The number of hydrogen-bond acceptors (Lipinski definition) is 3. The minimum Gasteiger partial charge on any atom is -0.337 e. The summed E-state index contributed by atoms with van der Waals surface area (Å²) in [5, 5.41) is 6.53. The summed E-state index contributed by atoms with van der Waals surface area (Å²) in [6.07, 6.45) is 5.64. The smallest absolute Gasteiger partial charge is 0.127 e. The minimum atomic E-state index is -0.176. The van der Waals surface area contributed by atoms with E-state index in [4.69, 9.17) is 0 Å². The van der Waals surface area contributed by atoms with E-state index >= 15 is 0 Å². The molecule has 0 aliphatic heterocycles. The van der Waals surface area contributed by atoms with Gasteiger partial charge in [0.05, 0.1) is 5.79 Å². The highest BCUT2D eigenvalue weighted by Crippen LogP contribution is 2.16. The molecule has 0 spiro atoms. The van der Waals surface area contributed by atoms with Gasteiger partial charge in [-0.25, -0.2) is 0 Å². The summed E-state index contributed by atoms with van der Waals surface area (Å²) in [4.78, 5) is 3.70. The lowest BCUT2D eigenvalue weighted by Gasteiger charge is -2.18. The first-order valence-electron chi connectivity index (χ1n) is 4.94. The Hall–Kier alpha value is 0.0969. The zero-order valence-electron chi connectivity index (χ0n) is 8.19. The maximum atomic E-state index is 3.70. The third-order valence-corrected chi connectivity index (χ3v) is 4.70. The van der Waals surface area contributed by atoms with Gasteiger partial charge < -0.3 is 15.6 Å². The van der Waals surface area contributed by atoms with Crippen LogP contribution in [0.2, 0.25) is 0 Å². The summed E-state index contributed by atoms with van der Waals surface area (Å²) < 4.78 is 0. The van der Waals surface area contributed by atoms with Crippen molar-refractivity contribution in [1.82, 2.24) is 15.6 Å². The molecule has 4 heteroatoms. The molecule has 3 nitrogen and oxygen atoms in total. The standard InChI is InChI=1S/C8H21N3Si/c1-9-8(10-2)12-11-7-5-3-4-6-7/h7-11H,3-6,12H2,1-2H3. The van der Waals surface area contributed by atoms with Gasteiger partial charge in [-0.2, -0.15) is 0 Å². The summed E-state index contributed by atoms with van der Waals surface area (Å²) in [7, 11) is 3.86. The molecular formula is C8H21N3Si. The Bertz CT molecular complexity index is 109. The molecule has 12 heavy (non-hydrogen) atoms. The van der Waals surface area contributed by atoms with Gasteiger partial charge in [0.15, 0.2) is 0 Å². The van der Waals surface area contributed by atoms with Crippen LogP contribution in [0.25, 0.3) is 0 Å². The lowest BCUT2D eigenvalue weighted by Crippen LogP contribution is -2.50. The van der Waals surface area contributed by atoms with Crippen LogP contribution >= 0.6 is 0 Å². The first-order chi connectivity index (χ1) is 5.86. The van der Waals surface area contributed by atoms with Crippen molar-refractivity contribution in [1.29, 1.82) is 0 Å². The van der Waals surface area contributed by atoms with Gasteiger partial charge in [-0.1, -0.05) is 12.8 Å². The van der Waals surface area contributed by atoms with Crippen molar-refractivity contribution < 1.29 is 0 Å². The molecule has 0 unspecified atom stereocenters. The molecule has 1 aliphatic carbocycles. The van der Waals surface area contributed by atoms with Crippen LogP contribution in [0.5, 0.6) is 0 Å². The molecule has 0 saturated heterocycles. The lowest BCUT2D eigenvalue weighted by atomic mass is 10.3. The number of nitrogens with one attached hydrogen (secondary N) is 3. The molecule has 0 amide bonds. The third kappa shape index (κ3) is 3.22. The zero-order chi connectivity index (χ0) is 8.81. The van der Waals surface area contributed by atoms with Gasteiger partial charge in [-0.15, -0.1) is 0 Å². The van der Waals surface area contributed by atoms with Crippen molar-refractivity contribution in [2.75, 3.05) is 14.1 Å². The Morgan fingerprint density at radius 3 is 2.25 bits per heavy atom. The molecule has 1 saturated carbocycles. The Labute approximate surface area is 77.6 Å². The Morgan fingerprint density at radius 1 is 1.17 bits per heavy atom. The fraction of sp³-hybridized carbons (Fsp3) is 1.00. The molecule has 0 bridgehead atoms. The molecule has 0 aromatic carbocycles. The molecule has 1 rings (SSSR count). The predicted molar refractivity (Wildman–Crippen MR) is 55.8 cm³/mol. The molecule has 0 heterocycles. The Morgan fingerprint density at radius 2 is 1.75 bits per heavy atom. The summed E-state index contributed by atoms with van der Waals surface area (Å²) in [6.45, 7) is 0. The summed E-state index contributed by atoms with van der Waals surface area (Å²) in [6, 6.07) is 0.834. The first kappa shape index (κ1) is 10.2. The van der Waals surface area contributed by atoms with Crippen molar-refractivity contribution in [2.45, 2.75) is 37.5 Å². The summed E-state index contributed by atoms with van der Waals surface area (Å²) in [5.41, 5.74) is 0. The maximum absolute atomic E-state index is 3.70. The SMILES string of the molecule is CNC(NC)[SiH2]NC1CCCC1. The van der Waals surface area contributed by atoms with Gasteiger partial charge in [-0.3, -0.25) is 0 Å². The average molecular weight is 187 g/mol. The van der Waals surface area contributed by atoms with E-state index in [1.165, 1.54) is 25.7 Å². The maximum Gasteiger partial charge on any atom is 0.127 e. The topological polar surface area (TPSA) is 36.1 Å². The lowest BCUT2D eigenvalue weighted by molar-refractivity contribution is 0.592. The van der Waals surface area contributed by atoms with E-state index in [1.54, 1.807) is 0 Å². The molecule has 3 N–H and O–H groups in total. The molecule has 0 aromatic heterocycles. The van der Waals surface area contributed by atoms with E-state index < -0.39 is 0 Å². The van der Waals surface area contributed by atoms with Crippen LogP contribution in [0.4, 0.5) is 0 Å². The molecule has 0 radical (unpaired) electrons. The minimum absolute atomic E-state index is 0.176. The van der Waals surface area contributed by atoms with Crippen LogP contribution in [-0.2, 0) is 0 Å². The second-order valence-corrected chi connectivity index (χ2v) is 5.15. The van der Waals surface area contributed by atoms with Crippen LogP contribution in [0.1, 0.15) is 25.7 Å². The Kier molecular flexibility index (Phi) is 4.83. The molecule has 0 aromatic rings. The van der Waals surface area contributed by atoms with Gasteiger partial charge in [0, 0.05) is 6.04 Å². The zero-order valence-corrected chi connectivity index (χ0v) is 9.60. The van der Waals surface area contributed by atoms with E-state index in [-0.39, 0.29) is 9.68 Å². The number of hydrogen-bond donors (Lipinski definition) is 3. The molecule has 1 fully saturated rings. The van der Waals surface area contributed by atoms with E-state index in [0.717, 1.165) is 6.04 Å². The summed E-state index contributed by atoms with van der Waals surface area (Å²) >= 11 is 0.